The summed E-state index contributed by atoms with van der Waals surface area (Å²) in [5.74, 6) is 0.604. The van der Waals surface area contributed by atoms with Crippen molar-refractivity contribution in [2.45, 2.75) is 6.92 Å². The van der Waals surface area contributed by atoms with Crippen molar-refractivity contribution in [3.8, 4) is 5.75 Å². The summed E-state index contributed by atoms with van der Waals surface area (Å²) in [5, 5.41) is 3.54. The number of carbonyl (C=O) groups is 2. The van der Waals surface area contributed by atoms with Crippen LogP contribution < -0.4 is 15.0 Å². The van der Waals surface area contributed by atoms with Crippen LogP contribution in [-0.2, 0) is 0 Å². The molecule has 7 heteroatoms. The van der Waals surface area contributed by atoms with Gasteiger partial charge in [-0.3, -0.25) is 9.59 Å². The van der Waals surface area contributed by atoms with Crippen LogP contribution in [0.15, 0.2) is 72.8 Å². The fraction of sp³-hybridized carbons (Fsp3) is 0.231. The molecule has 1 fully saturated rings. The van der Waals surface area contributed by atoms with Crippen LogP contribution in [0.3, 0.4) is 0 Å². The van der Waals surface area contributed by atoms with Gasteiger partial charge in [-0.25, -0.2) is 0 Å². The van der Waals surface area contributed by atoms with E-state index in [1.165, 1.54) is 0 Å². The molecule has 170 valence electrons. The number of piperazine rings is 1. The van der Waals surface area contributed by atoms with Gasteiger partial charge in [-0.1, -0.05) is 11.6 Å². The maximum absolute atomic E-state index is 12.7. The number of hydrogen-bond donors (Lipinski definition) is 1. The number of halogens is 1. The highest BCUT2D eigenvalue weighted by atomic mass is 35.5. The number of nitrogens with zero attached hydrogens (tertiary/aromatic N) is 2. The first-order chi connectivity index (χ1) is 16.0. The second kappa shape index (κ2) is 10.4. The summed E-state index contributed by atoms with van der Waals surface area (Å²) in [6, 6.07) is 21.9. The largest absolute Gasteiger partial charge is 0.494 e. The van der Waals surface area contributed by atoms with Gasteiger partial charge in [-0.05, 0) is 79.7 Å². The molecule has 3 aromatic carbocycles. The lowest BCUT2D eigenvalue weighted by Crippen LogP contribution is -2.48. The van der Waals surface area contributed by atoms with Crippen molar-refractivity contribution in [2.24, 2.45) is 0 Å². The van der Waals surface area contributed by atoms with Crippen molar-refractivity contribution in [2.75, 3.05) is 43.0 Å². The number of hydrogen-bond acceptors (Lipinski definition) is 4. The number of anilines is 2. The van der Waals surface area contributed by atoms with Gasteiger partial charge in [0.05, 0.1) is 6.61 Å². The quantitative estimate of drug-likeness (QED) is 0.561. The Balaban J connectivity index is 1.31. The molecule has 1 heterocycles. The van der Waals surface area contributed by atoms with Crippen LogP contribution >= 0.6 is 11.6 Å². The number of ether oxygens (including phenoxy) is 1. The van der Waals surface area contributed by atoms with Gasteiger partial charge in [0.15, 0.2) is 0 Å². The van der Waals surface area contributed by atoms with Crippen molar-refractivity contribution in [1.29, 1.82) is 0 Å². The maximum atomic E-state index is 12.7. The summed E-state index contributed by atoms with van der Waals surface area (Å²) in [6.45, 7) is 5.31. The van der Waals surface area contributed by atoms with E-state index >= 15 is 0 Å². The first-order valence-corrected chi connectivity index (χ1v) is 11.4. The van der Waals surface area contributed by atoms with Crippen molar-refractivity contribution in [3.05, 3.63) is 88.9 Å². The molecule has 1 saturated heterocycles. The van der Waals surface area contributed by atoms with Crippen molar-refractivity contribution in [3.63, 3.8) is 0 Å². The minimum atomic E-state index is -0.167. The molecule has 2 amide bonds. The topological polar surface area (TPSA) is 61.9 Å². The fourth-order valence-corrected chi connectivity index (χ4v) is 3.90. The molecule has 0 atom stereocenters. The van der Waals surface area contributed by atoms with Gasteiger partial charge < -0.3 is 19.9 Å². The lowest BCUT2D eigenvalue weighted by Gasteiger charge is -2.36. The second-order valence-electron chi connectivity index (χ2n) is 7.74. The first-order valence-electron chi connectivity index (χ1n) is 11.0. The van der Waals surface area contributed by atoms with Crippen molar-refractivity contribution >= 4 is 34.8 Å². The highest BCUT2D eigenvalue weighted by Gasteiger charge is 2.22. The van der Waals surface area contributed by atoms with E-state index in [9.17, 15) is 9.59 Å². The van der Waals surface area contributed by atoms with Crippen LogP contribution in [0.1, 0.15) is 27.6 Å². The molecule has 6 nitrogen and oxygen atoms in total. The van der Waals surface area contributed by atoms with E-state index < -0.39 is 0 Å². The van der Waals surface area contributed by atoms with Gasteiger partial charge in [0, 0.05) is 53.7 Å². The summed E-state index contributed by atoms with van der Waals surface area (Å²) >= 11 is 5.92. The zero-order chi connectivity index (χ0) is 23.2. The van der Waals surface area contributed by atoms with Crippen LogP contribution in [0.25, 0.3) is 0 Å². The summed E-state index contributed by atoms with van der Waals surface area (Å²) in [5.41, 5.74) is 3.02. The highest BCUT2D eigenvalue weighted by Crippen LogP contribution is 2.21. The minimum absolute atomic E-state index is 0.0265. The lowest BCUT2D eigenvalue weighted by molar-refractivity contribution is 0.0746. The SMILES string of the molecule is CCOc1ccc(C(=O)Nc2ccc(N3CCN(C(=O)c4ccc(Cl)cc4)CC3)cc2)cc1. The summed E-state index contributed by atoms with van der Waals surface area (Å²) in [7, 11) is 0. The molecule has 3 aromatic rings. The third kappa shape index (κ3) is 5.65. The van der Waals surface area contributed by atoms with Gasteiger partial charge in [0.2, 0.25) is 0 Å². The maximum Gasteiger partial charge on any atom is 0.255 e. The van der Waals surface area contributed by atoms with Crippen molar-refractivity contribution < 1.29 is 14.3 Å². The van der Waals surface area contributed by atoms with Crippen LogP contribution in [0.2, 0.25) is 5.02 Å². The summed E-state index contributed by atoms with van der Waals surface area (Å²) in [6.07, 6.45) is 0. The Morgan fingerprint density at radius 2 is 1.45 bits per heavy atom. The smallest absolute Gasteiger partial charge is 0.255 e. The molecule has 1 N–H and O–H groups in total. The van der Waals surface area contributed by atoms with E-state index in [4.69, 9.17) is 16.3 Å². The van der Waals surface area contributed by atoms with Gasteiger partial charge in [-0.15, -0.1) is 0 Å². The van der Waals surface area contributed by atoms with E-state index in [0.717, 1.165) is 30.2 Å². The van der Waals surface area contributed by atoms with Gasteiger partial charge in [0.1, 0.15) is 5.75 Å². The monoisotopic (exact) mass is 463 g/mol. The normalized spacial score (nSPS) is 13.5. The van der Waals surface area contributed by atoms with Crippen LogP contribution in [0.4, 0.5) is 11.4 Å². The Bertz CT molecular complexity index is 1090. The van der Waals surface area contributed by atoms with E-state index in [0.29, 0.717) is 35.8 Å². The number of nitrogens with one attached hydrogen (secondary N) is 1. The third-order valence-corrected chi connectivity index (χ3v) is 5.83. The Morgan fingerprint density at radius 3 is 2.06 bits per heavy atom. The fourth-order valence-electron chi connectivity index (χ4n) is 3.77. The molecule has 0 bridgehead atoms. The van der Waals surface area contributed by atoms with E-state index in [2.05, 4.69) is 10.2 Å². The van der Waals surface area contributed by atoms with E-state index in [-0.39, 0.29) is 11.8 Å². The molecule has 4 rings (SSSR count). The second-order valence-corrected chi connectivity index (χ2v) is 8.18. The first kappa shape index (κ1) is 22.7. The predicted molar refractivity (Wildman–Crippen MR) is 132 cm³/mol. The van der Waals surface area contributed by atoms with E-state index in [1.54, 1.807) is 48.5 Å². The molecule has 0 saturated carbocycles. The lowest BCUT2D eigenvalue weighted by atomic mass is 10.1. The summed E-state index contributed by atoms with van der Waals surface area (Å²) < 4.78 is 5.41. The number of rotatable bonds is 6. The Labute approximate surface area is 198 Å². The Hall–Kier alpha value is -3.51. The van der Waals surface area contributed by atoms with E-state index in [1.807, 2.05) is 36.1 Å². The zero-order valence-electron chi connectivity index (χ0n) is 18.5. The minimum Gasteiger partial charge on any atom is -0.494 e. The van der Waals surface area contributed by atoms with Gasteiger partial charge >= 0.3 is 0 Å². The zero-order valence-corrected chi connectivity index (χ0v) is 19.2. The number of benzene rings is 3. The van der Waals surface area contributed by atoms with Crippen molar-refractivity contribution in [1.82, 2.24) is 4.90 Å². The molecule has 0 unspecified atom stereocenters. The Kier molecular flexibility index (Phi) is 7.15. The van der Waals surface area contributed by atoms with Gasteiger partial charge in [-0.2, -0.15) is 0 Å². The summed E-state index contributed by atoms with van der Waals surface area (Å²) in [4.78, 5) is 29.3. The number of amides is 2. The predicted octanol–water partition coefficient (Wildman–Crippen LogP) is 4.95. The molecule has 0 spiro atoms. The average Bonchev–Trinajstić information content (AvgIpc) is 2.85. The highest BCUT2D eigenvalue weighted by molar-refractivity contribution is 6.30. The molecule has 0 radical (unpaired) electrons. The Morgan fingerprint density at radius 1 is 0.848 bits per heavy atom. The average molecular weight is 464 g/mol. The molecule has 0 aliphatic carbocycles. The molecule has 33 heavy (non-hydrogen) atoms. The molecular weight excluding hydrogens is 438 g/mol. The molecular formula is C26H26ClN3O3. The van der Waals surface area contributed by atoms with Crippen LogP contribution in [0, 0.1) is 0 Å². The van der Waals surface area contributed by atoms with Crippen LogP contribution in [-0.4, -0.2) is 49.5 Å². The van der Waals surface area contributed by atoms with Gasteiger partial charge in [0.25, 0.3) is 11.8 Å². The molecule has 1 aliphatic rings. The van der Waals surface area contributed by atoms with Crippen LogP contribution in [0.5, 0.6) is 5.75 Å². The third-order valence-electron chi connectivity index (χ3n) is 5.58. The standard InChI is InChI=1S/C26H26ClN3O3/c1-2-33-24-13-5-19(6-14-24)25(31)28-22-9-11-23(12-10-22)29-15-17-30(18-16-29)26(32)20-3-7-21(27)8-4-20/h3-14H,2,15-18H2,1H3,(H,28,31). The molecule has 1 aliphatic heterocycles. The molecule has 0 aromatic heterocycles. The number of carbonyl (C=O) groups excluding carboxylic acids is 2.